The van der Waals surface area contributed by atoms with E-state index < -0.39 is 0 Å². The van der Waals surface area contributed by atoms with Crippen LogP contribution in [0, 0.1) is 0 Å². The number of hydrogen-bond donors (Lipinski definition) is 1. The van der Waals surface area contributed by atoms with Gasteiger partial charge in [-0.2, -0.15) is 5.10 Å². The van der Waals surface area contributed by atoms with E-state index in [1.807, 2.05) is 42.1 Å². The van der Waals surface area contributed by atoms with E-state index in [0.717, 1.165) is 23.6 Å². The van der Waals surface area contributed by atoms with Crippen molar-refractivity contribution in [2.24, 2.45) is 7.05 Å². The SMILES string of the molecule is Cn1nc(-c2ccccc2)nc1C1Cc2ccccc2N1. The minimum Gasteiger partial charge on any atom is -0.375 e. The van der Waals surface area contributed by atoms with Gasteiger partial charge in [-0.25, -0.2) is 4.98 Å². The minimum absolute atomic E-state index is 0.192. The number of anilines is 1. The maximum Gasteiger partial charge on any atom is 0.181 e. The molecule has 21 heavy (non-hydrogen) atoms. The summed E-state index contributed by atoms with van der Waals surface area (Å²) in [7, 11) is 1.96. The Hall–Kier alpha value is -2.62. The number of nitrogens with one attached hydrogen (secondary N) is 1. The summed E-state index contributed by atoms with van der Waals surface area (Å²) in [6.07, 6.45) is 0.955. The molecule has 1 unspecified atom stereocenters. The highest BCUT2D eigenvalue weighted by Gasteiger charge is 2.26. The fraction of sp³-hybridized carbons (Fsp3) is 0.176. The Morgan fingerprint density at radius 1 is 1.05 bits per heavy atom. The maximum absolute atomic E-state index is 4.73. The maximum atomic E-state index is 4.73. The first-order valence-corrected chi connectivity index (χ1v) is 7.12. The van der Waals surface area contributed by atoms with Gasteiger partial charge in [-0.05, 0) is 11.6 Å². The van der Waals surface area contributed by atoms with Crippen LogP contribution < -0.4 is 5.32 Å². The third kappa shape index (κ3) is 2.09. The highest BCUT2D eigenvalue weighted by atomic mass is 15.3. The van der Waals surface area contributed by atoms with Crippen LogP contribution in [-0.2, 0) is 13.5 Å². The molecule has 2 heterocycles. The Bertz CT molecular complexity index is 751. The summed E-state index contributed by atoms with van der Waals surface area (Å²) in [5.74, 6) is 1.76. The molecule has 0 spiro atoms. The first-order valence-electron chi connectivity index (χ1n) is 7.12. The van der Waals surface area contributed by atoms with E-state index in [4.69, 9.17) is 4.98 Å². The van der Waals surface area contributed by atoms with Gasteiger partial charge in [0.15, 0.2) is 5.82 Å². The zero-order valence-corrected chi connectivity index (χ0v) is 11.8. The van der Waals surface area contributed by atoms with Crippen LogP contribution in [0.1, 0.15) is 17.4 Å². The fourth-order valence-electron chi connectivity index (χ4n) is 2.86. The van der Waals surface area contributed by atoms with Gasteiger partial charge >= 0.3 is 0 Å². The van der Waals surface area contributed by atoms with E-state index >= 15 is 0 Å². The molecule has 0 saturated heterocycles. The highest BCUT2D eigenvalue weighted by Crippen LogP contribution is 2.33. The van der Waals surface area contributed by atoms with E-state index in [2.05, 4.69) is 34.7 Å². The van der Waals surface area contributed by atoms with Gasteiger partial charge in [-0.15, -0.1) is 0 Å². The predicted molar refractivity (Wildman–Crippen MR) is 82.9 cm³/mol. The summed E-state index contributed by atoms with van der Waals surface area (Å²) >= 11 is 0. The lowest BCUT2D eigenvalue weighted by atomic mass is 10.1. The molecule has 1 N–H and O–H groups in total. The molecule has 0 bridgehead atoms. The summed E-state index contributed by atoms with van der Waals surface area (Å²) in [6, 6.07) is 18.7. The first-order chi connectivity index (χ1) is 10.3. The van der Waals surface area contributed by atoms with Crippen molar-refractivity contribution in [2.45, 2.75) is 12.5 Å². The average molecular weight is 276 g/mol. The smallest absolute Gasteiger partial charge is 0.181 e. The second-order valence-electron chi connectivity index (χ2n) is 5.34. The van der Waals surface area contributed by atoms with Crippen LogP contribution in [0.25, 0.3) is 11.4 Å². The summed E-state index contributed by atoms with van der Waals surface area (Å²) in [5.41, 5.74) is 3.59. The molecule has 1 aliphatic heterocycles. The van der Waals surface area contributed by atoms with E-state index in [9.17, 15) is 0 Å². The monoisotopic (exact) mass is 276 g/mol. The van der Waals surface area contributed by atoms with Crippen LogP contribution in [0.3, 0.4) is 0 Å². The lowest BCUT2D eigenvalue weighted by Crippen LogP contribution is -2.12. The number of benzene rings is 2. The van der Waals surface area contributed by atoms with Gasteiger partial charge in [-0.1, -0.05) is 48.5 Å². The van der Waals surface area contributed by atoms with Crippen molar-refractivity contribution < 1.29 is 0 Å². The lowest BCUT2D eigenvalue weighted by Gasteiger charge is -2.09. The summed E-state index contributed by atoms with van der Waals surface area (Å²) in [5, 5.41) is 8.09. The number of hydrogen-bond acceptors (Lipinski definition) is 3. The summed E-state index contributed by atoms with van der Waals surface area (Å²) < 4.78 is 1.88. The number of rotatable bonds is 2. The van der Waals surface area contributed by atoms with Crippen molar-refractivity contribution in [3.8, 4) is 11.4 Å². The van der Waals surface area contributed by atoms with Crippen LogP contribution in [0.4, 0.5) is 5.69 Å². The Morgan fingerprint density at radius 2 is 1.81 bits per heavy atom. The van der Waals surface area contributed by atoms with Crippen molar-refractivity contribution >= 4 is 5.69 Å². The standard InChI is InChI=1S/C17H16N4/c1-21-17(15-11-13-9-5-6-10-14(13)18-15)19-16(20-21)12-7-3-2-4-8-12/h2-10,15,18H,11H2,1H3. The quantitative estimate of drug-likeness (QED) is 0.781. The van der Waals surface area contributed by atoms with Crippen LogP contribution in [-0.4, -0.2) is 14.8 Å². The number of fused-ring (bicyclic) bond motifs is 1. The Balaban J connectivity index is 1.67. The molecule has 0 radical (unpaired) electrons. The number of aromatic nitrogens is 3. The topological polar surface area (TPSA) is 42.7 Å². The zero-order valence-electron chi connectivity index (χ0n) is 11.8. The third-order valence-corrected chi connectivity index (χ3v) is 3.91. The van der Waals surface area contributed by atoms with E-state index in [-0.39, 0.29) is 6.04 Å². The van der Waals surface area contributed by atoms with Gasteiger partial charge in [0, 0.05) is 24.7 Å². The molecule has 0 amide bonds. The van der Waals surface area contributed by atoms with Gasteiger partial charge in [-0.3, -0.25) is 4.68 Å². The number of aryl methyl sites for hydroxylation is 1. The van der Waals surface area contributed by atoms with Crippen molar-refractivity contribution in [3.05, 3.63) is 66.0 Å². The molecule has 3 aromatic rings. The number of para-hydroxylation sites is 1. The van der Waals surface area contributed by atoms with Crippen molar-refractivity contribution in [2.75, 3.05) is 5.32 Å². The minimum atomic E-state index is 0.192. The fourth-order valence-corrected chi connectivity index (χ4v) is 2.86. The molecule has 104 valence electrons. The summed E-state index contributed by atoms with van der Waals surface area (Å²) in [6.45, 7) is 0. The molecule has 2 aromatic carbocycles. The average Bonchev–Trinajstić information content (AvgIpc) is 3.11. The summed E-state index contributed by atoms with van der Waals surface area (Å²) in [4.78, 5) is 4.73. The second kappa shape index (κ2) is 4.74. The van der Waals surface area contributed by atoms with Crippen molar-refractivity contribution in [3.63, 3.8) is 0 Å². The van der Waals surface area contributed by atoms with Gasteiger partial charge in [0.25, 0.3) is 0 Å². The van der Waals surface area contributed by atoms with Crippen LogP contribution in [0.5, 0.6) is 0 Å². The van der Waals surface area contributed by atoms with Gasteiger partial charge in [0.2, 0.25) is 0 Å². The first kappa shape index (κ1) is 12.1. The lowest BCUT2D eigenvalue weighted by molar-refractivity contribution is 0.645. The van der Waals surface area contributed by atoms with E-state index in [1.165, 1.54) is 11.3 Å². The molecule has 4 rings (SSSR count). The van der Waals surface area contributed by atoms with Crippen LogP contribution in [0.15, 0.2) is 54.6 Å². The Kier molecular flexibility index (Phi) is 2.74. The number of nitrogens with zero attached hydrogens (tertiary/aromatic N) is 3. The van der Waals surface area contributed by atoms with Crippen LogP contribution >= 0.6 is 0 Å². The van der Waals surface area contributed by atoms with Crippen molar-refractivity contribution in [1.29, 1.82) is 0 Å². The van der Waals surface area contributed by atoms with E-state index in [0.29, 0.717) is 0 Å². The Labute approximate surface area is 123 Å². The third-order valence-electron chi connectivity index (χ3n) is 3.91. The zero-order chi connectivity index (χ0) is 14.2. The second-order valence-corrected chi connectivity index (χ2v) is 5.34. The molecular weight excluding hydrogens is 260 g/mol. The van der Waals surface area contributed by atoms with Gasteiger partial charge < -0.3 is 5.32 Å². The molecule has 0 saturated carbocycles. The largest absolute Gasteiger partial charge is 0.375 e. The highest BCUT2D eigenvalue weighted by molar-refractivity contribution is 5.58. The molecule has 0 aliphatic carbocycles. The molecular formula is C17H16N4. The van der Waals surface area contributed by atoms with Crippen molar-refractivity contribution in [1.82, 2.24) is 14.8 Å². The molecule has 1 aliphatic rings. The van der Waals surface area contributed by atoms with E-state index in [1.54, 1.807) is 0 Å². The van der Waals surface area contributed by atoms with Gasteiger partial charge in [0.1, 0.15) is 5.82 Å². The molecule has 0 fully saturated rings. The predicted octanol–water partition coefficient (Wildman–Crippen LogP) is 3.19. The normalized spacial score (nSPS) is 16.5. The van der Waals surface area contributed by atoms with Crippen LogP contribution in [0.2, 0.25) is 0 Å². The molecule has 1 aromatic heterocycles. The molecule has 4 heteroatoms. The molecule has 1 atom stereocenters. The Morgan fingerprint density at radius 3 is 2.62 bits per heavy atom. The van der Waals surface area contributed by atoms with Gasteiger partial charge in [0.05, 0.1) is 6.04 Å². The molecule has 4 nitrogen and oxygen atoms in total.